The van der Waals surface area contributed by atoms with Crippen molar-refractivity contribution < 1.29 is 14.0 Å². The third-order valence-electron chi connectivity index (χ3n) is 1.20. The van der Waals surface area contributed by atoms with Crippen LogP contribution >= 0.6 is 7.60 Å². The lowest BCUT2D eigenvalue weighted by molar-refractivity contribution is 0.197. The molecule has 66 valence electrons. The van der Waals surface area contributed by atoms with Crippen molar-refractivity contribution in [1.29, 1.82) is 0 Å². The van der Waals surface area contributed by atoms with Crippen LogP contribution in [0.1, 0.15) is 27.7 Å². The van der Waals surface area contributed by atoms with Crippen molar-refractivity contribution in [3.63, 3.8) is 0 Å². The van der Waals surface area contributed by atoms with Crippen LogP contribution < -0.4 is 0 Å². The molecule has 0 aromatic carbocycles. The lowest BCUT2D eigenvalue weighted by Crippen LogP contribution is -2.23. The Hall–Kier alpha value is 0.215. The van der Waals surface area contributed by atoms with Gasteiger partial charge in [0.1, 0.15) is 7.85 Å². The quantitative estimate of drug-likeness (QED) is 0.517. The highest BCUT2D eigenvalue weighted by molar-refractivity contribution is 7.56. The van der Waals surface area contributed by atoms with Gasteiger partial charge in [0, 0.05) is 5.06 Å². The van der Waals surface area contributed by atoms with Crippen molar-refractivity contribution in [2.45, 2.75) is 38.9 Å². The maximum absolute atomic E-state index is 11.4. The predicted molar refractivity (Wildman–Crippen MR) is 48.7 cm³/mol. The molecule has 0 spiro atoms. The minimum atomic E-state index is -3.43. The minimum Gasteiger partial charge on any atom is -0.324 e. The Kier molecular flexibility index (Phi) is 3.36. The second-order valence-electron chi connectivity index (χ2n) is 3.85. The number of rotatable bonds is 3. The van der Waals surface area contributed by atoms with E-state index in [0.717, 1.165) is 0 Å². The Morgan fingerprint density at radius 3 is 2.00 bits per heavy atom. The van der Waals surface area contributed by atoms with Crippen LogP contribution in [0.3, 0.4) is 0 Å². The Morgan fingerprint density at radius 1 is 1.55 bits per heavy atom. The van der Waals surface area contributed by atoms with E-state index in [1.165, 1.54) is 0 Å². The van der Waals surface area contributed by atoms with Crippen LogP contribution in [0, 0.1) is 0 Å². The van der Waals surface area contributed by atoms with Gasteiger partial charge in [-0.25, -0.2) is 0 Å². The molecule has 0 bridgehead atoms. The average molecular weight is 178 g/mol. The zero-order valence-electron chi connectivity index (χ0n) is 7.79. The van der Waals surface area contributed by atoms with Crippen LogP contribution in [-0.4, -0.2) is 23.9 Å². The van der Waals surface area contributed by atoms with Gasteiger partial charge in [0.05, 0.1) is 6.10 Å². The molecule has 11 heavy (non-hydrogen) atoms. The summed E-state index contributed by atoms with van der Waals surface area (Å²) >= 11 is 0. The van der Waals surface area contributed by atoms with Crippen molar-refractivity contribution in [2.75, 3.05) is 0 Å². The van der Waals surface area contributed by atoms with Crippen LogP contribution in [0.15, 0.2) is 0 Å². The van der Waals surface area contributed by atoms with Gasteiger partial charge in [0.2, 0.25) is 0 Å². The van der Waals surface area contributed by atoms with E-state index in [1.54, 1.807) is 35.5 Å². The van der Waals surface area contributed by atoms with Gasteiger partial charge in [-0.05, 0) is 13.8 Å². The molecular weight excluding hydrogens is 162 g/mol. The van der Waals surface area contributed by atoms with Crippen LogP contribution in [-0.2, 0) is 9.09 Å². The van der Waals surface area contributed by atoms with Gasteiger partial charge >= 0.3 is 7.60 Å². The molecule has 0 heterocycles. The van der Waals surface area contributed by atoms with Gasteiger partial charge in [-0.3, -0.25) is 4.57 Å². The van der Waals surface area contributed by atoms with Crippen molar-refractivity contribution in [2.24, 2.45) is 0 Å². The summed E-state index contributed by atoms with van der Waals surface area (Å²) in [6.45, 7) is 6.87. The highest BCUT2D eigenvalue weighted by atomic mass is 31.2. The zero-order chi connectivity index (χ0) is 9.28. The fourth-order valence-electron chi connectivity index (χ4n) is 0.444. The van der Waals surface area contributed by atoms with E-state index in [4.69, 9.17) is 4.52 Å². The second-order valence-corrected chi connectivity index (χ2v) is 6.44. The summed E-state index contributed by atoms with van der Waals surface area (Å²) in [7, 11) is -1.74. The summed E-state index contributed by atoms with van der Waals surface area (Å²) in [5.74, 6) is 0. The van der Waals surface area contributed by atoms with Crippen molar-refractivity contribution in [3.8, 4) is 0 Å². The molecule has 1 unspecified atom stereocenters. The first-order chi connectivity index (χ1) is 4.67. The van der Waals surface area contributed by atoms with Crippen molar-refractivity contribution in [3.05, 3.63) is 0 Å². The van der Waals surface area contributed by atoms with Gasteiger partial charge in [-0.1, -0.05) is 13.8 Å². The molecule has 0 aromatic heterocycles. The van der Waals surface area contributed by atoms with Gasteiger partial charge < -0.3 is 9.42 Å². The summed E-state index contributed by atoms with van der Waals surface area (Å²) in [6, 6.07) is 0. The molecule has 0 aliphatic carbocycles. The van der Waals surface area contributed by atoms with Crippen molar-refractivity contribution >= 4 is 15.4 Å². The lowest BCUT2D eigenvalue weighted by Gasteiger charge is -2.26. The molecule has 1 atom stereocenters. The van der Waals surface area contributed by atoms with E-state index in [0.29, 0.717) is 0 Å². The maximum atomic E-state index is 11.4. The number of hydrogen-bond donors (Lipinski definition) is 1. The van der Waals surface area contributed by atoms with Crippen molar-refractivity contribution in [1.82, 2.24) is 0 Å². The topological polar surface area (TPSA) is 46.5 Å². The Bertz CT molecular complexity index is 173. The van der Waals surface area contributed by atoms with Gasteiger partial charge in [-0.15, -0.1) is 0 Å². The fraction of sp³-hybridized carbons (Fsp3) is 1.00. The van der Waals surface area contributed by atoms with E-state index in [2.05, 4.69) is 0 Å². The molecule has 3 nitrogen and oxygen atoms in total. The van der Waals surface area contributed by atoms with E-state index in [9.17, 15) is 9.46 Å². The molecule has 5 heteroatoms. The van der Waals surface area contributed by atoms with Crippen LogP contribution in [0.2, 0.25) is 0 Å². The summed E-state index contributed by atoms with van der Waals surface area (Å²) in [6.07, 6.45) is -0.204. The summed E-state index contributed by atoms with van der Waals surface area (Å²) in [4.78, 5) is 9.35. The largest absolute Gasteiger partial charge is 0.325 e. The second kappa shape index (κ2) is 3.30. The summed E-state index contributed by atoms with van der Waals surface area (Å²) < 4.78 is 16.3. The Labute approximate surface area is 69.1 Å². The third-order valence-corrected chi connectivity index (χ3v) is 3.60. The van der Waals surface area contributed by atoms with Gasteiger partial charge in [-0.2, -0.15) is 0 Å². The molecular formula is C6H16BO3P. The molecule has 1 N–H and O–H groups in total. The monoisotopic (exact) mass is 178 g/mol. The summed E-state index contributed by atoms with van der Waals surface area (Å²) in [5.41, 5.74) is 0. The van der Waals surface area contributed by atoms with Crippen LogP contribution in [0.5, 0.6) is 0 Å². The molecule has 0 aliphatic rings. The van der Waals surface area contributed by atoms with Crippen LogP contribution in [0.4, 0.5) is 0 Å². The molecule has 0 saturated heterocycles. The van der Waals surface area contributed by atoms with E-state index >= 15 is 0 Å². The SMILES string of the molecule is BC(C)(C)P(=O)(O)OC(C)C. The Morgan fingerprint density at radius 2 is 1.91 bits per heavy atom. The average Bonchev–Trinajstić information content (AvgIpc) is 1.56. The first-order valence-corrected chi connectivity index (χ1v) is 5.26. The normalized spacial score (nSPS) is 18.4. The zero-order valence-corrected chi connectivity index (χ0v) is 8.68. The van der Waals surface area contributed by atoms with Crippen LogP contribution in [0.25, 0.3) is 0 Å². The standard InChI is InChI=1S/C6H16BO3P/c1-5(2)10-11(8,9)6(3,4)7/h5H,7H2,1-4H3,(H,8,9). The van der Waals surface area contributed by atoms with E-state index < -0.39 is 12.7 Å². The van der Waals surface area contributed by atoms with E-state index in [1.807, 2.05) is 0 Å². The van der Waals surface area contributed by atoms with Gasteiger partial charge in [0.25, 0.3) is 0 Å². The predicted octanol–water partition coefficient (Wildman–Crippen LogP) is 0.966. The van der Waals surface area contributed by atoms with Gasteiger partial charge in [0.15, 0.2) is 0 Å². The first kappa shape index (κ1) is 11.2. The third kappa shape index (κ3) is 3.41. The first-order valence-electron chi connectivity index (χ1n) is 3.68. The molecule has 0 aliphatic heterocycles. The molecule has 0 saturated carbocycles. The minimum absolute atomic E-state index is 0.204. The smallest absolute Gasteiger partial charge is 0.324 e. The molecule has 0 amide bonds. The lowest BCUT2D eigenvalue weighted by atomic mass is 9.91. The fourth-order valence-corrected chi connectivity index (χ4v) is 1.33. The molecule has 0 radical (unpaired) electrons. The number of hydrogen-bond acceptors (Lipinski definition) is 2. The maximum Gasteiger partial charge on any atom is 0.325 e. The highest BCUT2D eigenvalue weighted by Crippen LogP contribution is 2.53. The molecule has 0 rings (SSSR count). The molecule has 0 fully saturated rings. The van der Waals surface area contributed by atoms with E-state index in [-0.39, 0.29) is 6.10 Å². The molecule has 0 aromatic rings. The summed E-state index contributed by atoms with van der Waals surface area (Å²) in [5, 5.41) is -0.683. The Balaban J connectivity index is 4.36. The highest BCUT2D eigenvalue weighted by Gasteiger charge is 2.36.